The zero-order valence-electron chi connectivity index (χ0n) is 16.0. The molecule has 5 nitrogen and oxygen atoms in total. The topological polar surface area (TPSA) is 47.4 Å². The number of aryl methyl sites for hydroxylation is 2. The molecule has 0 atom stereocenters. The number of fused-ring (bicyclic) bond motifs is 3. The highest BCUT2D eigenvalue weighted by Gasteiger charge is 2.29. The number of aromatic nitrogens is 2. The SMILES string of the molecule is CCN(CC)C(=O)Oc1c2c(nn1-c1cccc(Cl)c1)CCc1ccccc1-2. The lowest BCUT2D eigenvalue weighted by atomic mass is 9.90. The first-order chi connectivity index (χ1) is 13.6. The van der Waals surface area contributed by atoms with Crippen LogP contribution in [-0.2, 0) is 12.8 Å². The highest BCUT2D eigenvalue weighted by Crippen LogP contribution is 2.41. The average Bonchev–Trinajstić information content (AvgIpc) is 3.08. The average molecular weight is 396 g/mol. The van der Waals surface area contributed by atoms with Crippen LogP contribution in [0.25, 0.3) is 16.8 Å². The van der Waals surface area contributed by atoms with E-state index in [2.05, 4.69) is 12.1 Å². The van der Waals surface area contributed by atoms with Crippen molar-refractivity contribution in [2.45, 2.75) is 26.7 Å². The number of hydrogen-bond donors (Lipinski definition) is 0. The summed E-state index contributed by atoms with van der Waals surface area (Å²) >= 11 is 6.20. The minimum absolute atomic E-state index is 0.376. The molecule has 1 aliphatic carbocycles. The third-order valence-electron chi connectivity index (χ3n) is 5.09. The van der Waals surface area contributed by atoms with Crippen LogP contribution in [0.1, 0.15) is 25.1 Å². The van der Waals surface area contributed by atoms with Crippen molar-refractivity contribution in [3.05, 3.63) is 64.8 Å². The van der Waals surface area contributed by atoms with Gasteiger partial charge in [-0.15, -0.1) is 0 Å². The minimum Gasteiger partial charge on any atom is -0.390 e. The fourth-order valence-corrected chi connectivity index (χ4v) is 3.82. The van der Waals surface area contributed by atoms with E-state index in [4.69, 9.17) is 21.4 Å². The van der Waals surface area contributed by atoms with E-state index in [0.717, 1.165) is 35.3 Å². The summed E-state index contributed by atoms with van der Waals surface area (Å²) < 4.78 is 7.62. The summed E-state index contributed by atoms with van der Waals surface area (Å²) in [6, 6.07) is 15.6. The first kappa shape index (κ1) is 18.6. The molecular weight excluding hydrogens is 374 g/mol. The molecule has 0 spiro atoms. The highest BCUT2D eigenvalue weighted by molar-refractivity contribution is 6.30. The molecule has 3 aromatic rings. The van der Waals surface area contributed by atoms with Gasteiger partial charge >= 0.3 is 6.09 Å². The van der Waals surface area contributed by atoms with Crippen molar-refractivity contribution in [3.8, 4) is 22.7 Å². The molecule has 6 heteroatoms. The first-order valence-corrected chi connectivity index (χ1v) is 9.93. The molecule has 1 aromatic heterocycles. The van der Waals surface area contributed by atoms with Gasteiger partial charge in [-0.2, -0.15) is 9.78 Å². The van der Waals surface area contributed by atoms with Crippen LogP contribution in [0.5, 0.6) is 5.88 Å². The molecule has 0 aliphatic heterocycles. The third-order valence-corrected chi connectivity index (χ3v) is 5.33. The minimum atomic E-state index is -0.376. The number of hydrogen-bond acceptors (Lipinski definition) is 3. The Labute approximate surface area is 169 Å². The number of carbonyl (C=O) groups excluding carboxylic acids is 1. The van der Waals surface area contributed by atoms with E-state index in [9.17, 15) is 4.79 Å². The van der Waals surface area contributed by atoms with E-state index in [1.54, 1.807) is 9.58 Å². The molecule has 0 fully saturated rings. The molecule has 0 saturated carbocycles. The molecule has 2 aromatic carbocycles. The van der Waals surface area contributed by atoms with E-state index in [1.165, 1.54) is 5.56 Å². The Balaban J connectivity index is 1.89. The largest absolute Gasteiger partial charge is 0.416 e. The maximum absolute atomic E-state index is 12.8. The summed E-state index contributed by atoms with van der Waals surface area (Å²) in [6.07, 6.45) is 1.34. The van der Waals surface area contributed by atoms with Crippen molar-refractivity contribution in [1.82, 2.24) is 14.7 Å². The van der Waals surface area contributed by atoms with Crippen LogP contribution in [0.15, 0.2) is 48.5 Å². The number of benzene rings is 2. The maximum Gasteiger partial charge on any atom is 0.416 e. The monoisotopic (exact) mass is 395 g/mol. The quantitative estimate of drug-likeness (QED) is 0.615. The van der Waals surface area contributed by atoms with E-state index >= 15 is 0 Å². The summed E-state index contributed by atoms with van der Waals surface area (Å²) in [4.78, 5) is 14.4. The molecule has 0 saturated heterocycles. The number of halogens is 1. The van der Waals surface area contributed by atoms with E-state index in [0.29, 0.717) is 24.0 Å². The normalized spacial score (nSPS) is 12.2. The molecular formula is C22H22ClN3O2. The van der Waals surface area contributed by atoms with E-state index in [1.807, 2.05) is 50.2 Å². The van der Waals surface area contributed by atoms with Gasteiger partial charge in [0.2, 0.25) is 5.88 Å². The number of carbonyl (C=O) groups is 1. The Morgan fingerprint density at radius 2 is 1.93 bits per heavy atom. The van der Waals surface area contributed by atoms with Crippen LogP contribution >= 0.6 is 11.6 Å². The molecule has 0 N–H and O–H groups in total. The summed E-state index contributed by atoms with van der Waals surface area (Å²) in [5.41, 5.74) is 4.89. The summed E-state index contributed by atoms with van der Waals surface area (Å²) in [5.74, 6) is 0.446. The first-order valence-electron chi connectivity index (χ1n) is 9.55. The Morgan fingerprint density at radius 3 is 2.68 bits per heavy atom. The predicted molar refractivity (Wildman–Crippen MR) is 110 cm³/mol. The second kappa shape index (κ2) is 7.68. The summed E-state index contributed by atoms with van der Waals surface area (Å²) in [5, 5.41) is 5.39. The zero-order valence-corrected chi connectivity index (χ0v) is 16.7. The molecule has 144 valence electrons. The zero-order chi connectivity index (χ0) is 19.7. The predicted octanol–water partition coefficient (Wildman–Crippen LogP) is 5.13. The van der Waals surface area contributed by atoms with E-state index < -0.39 is 0 Å². The summed E-state index contributed by atoms with van der Waals surface area (Å²) in [6.45, 7) is 5.03. The van der Waals surface area contributed by atoms with Crippen molar-refractivity contribution < 1.29 is 9.53 Å². The van der Waals surface area contributed by atoms with Gasteiger partial charge in [-0.25, -0.2) is 4.79 Å². The number of rotatable bonds is 4. The van der Waals surface area contributed by atoms with Gasteiger partial charge in [0.05, 0.1) is 16.9 Å². The van der Waals surface area contributed by atoms with Gasteiger partial charge in [-0.05, 0) is 56.0 Å². The molecule has 1 amide bonds. The number of amides is 1. The second-order valence-electron chi connectivity index (χ2n) is 6.72. The standard InChI is InChI=1S/C22H22ClN3O2/c1-3-25(4-2)22(27)28-21-20-18-11-6-5-8-15(18)12-13-19(20)24-26(21)17-10-7-9-16(23)14-17/h5-11,14H,3-4,12-13H2,1-2H3. The lowest BCUT2D eigenvalue weighted by Gasteiger charge is -2.20. The van der Waals surface area contributed by atoms with Crippen molar-refractivity contribution in [2.24, 2.45) is 0 Å². The molecule has 4 rings (SSSR count). The molecule has 1 heterocycles. The fraction of sp³-hybridized carbons (Fsp3) is 0.273. The van der Waals surface area contributed by atoms with Crippen LogP contribution in [0, 0.1) is 0 Å². The van der Waals surface area contributed by atoms with Gasteiger partial charge in [0.25, 0.3) is 0 Å². The van der Waals surface area contributed by atoms with Crippen LogP contribution in [-0.4, -0.2) is 33.9 Å². The van der Waals surface area contributed by atoms with Crippen molar-refractivity contribution in [3.63, 3.8) is 0 Å². The van der Waals surface area contributed by atoms with Crippen LogP contribution < -0.4 is 4.74 Å². The summed E-state index contributed by atoms with van der Waals surface area (Å²) in [7, 11) is 0. The molecule has 0 bridgehead atoms. The molecule has 0 unspecified atom stereocenters. The van der Waals surface area contributed by atoms with Gasteiger partial charge in [0, 0.05) is 18.1 Å². The number of ether oxygens (including phenoxy) is 1. The molecule has 1 aliphatic rings. The molecule has 28 heavy (non-hydrogen) atoms. The second-order valence-corrected chi connectivity index (χ2v) is 7.15. The van der Waals surface area contributed by atoms with Crippen LogP contribution in [0.4, 0.5) is 4.79 Å². The Morgan fingerprint density at radius 1 is 1.14 bits per heavy atom. The Kier molecular flexibility index (Phi) is 5.09. The van der Waals surface area contributed by atoms with Gasteiger partial charge < -0.3 is 9.64 Å². The lowest BCUT2D eigenvalue weighted by Crippen LogP contribution is -2.33. The van der Waals surface area contributed by atoms with Crippen LogP contribution in [0.3, 0.4) is 0 Å². The van der Waals surface area contributed by atoms with Gasteiger partial charge in [0.1, 0.15) is 0 Å². The fourth-order valence-electron chi connectivity index (χ4n) is 3.63. The van der Waals surface area contributed by atoms with Crippen molar-refractivity contribution >= 4 is 17.7 Å². The Hall–Kier alpha value is -2.79. The third kappa shape index (κ3) is 3.27. The highest BCUT2D eigenvalue weighted by atomic mass is 35.5. The van der Waals surface area contributed by atoms with Crippen molar-refractivity contribution in [2.75, 3.05) is 13.1 Å². The lowest BCUT2D eigenvalue weighted by molar-refractivity contribution is 0.154. The van der Waals surface area contributed by atoms with Crippen LogP contribution in [0.2, 0.25) is 5.02 Å². The van der Waals surface area contributed by atoms with Gasteiger partial charge in [-0.1, -0.05) is 41.9 Å². The smallest absolute Gasteiger partial charge is 0.390 e. The number of nitrogens with zero attached hydrogens (tertiary/aromatic N) is 3. The van der Waals surface area contributed by atoms with Crippen molar-refractivity contribution in [1.29, 1.82) is 0 Å². The molecule has 0 radical (unpaired) electrons. The van der Waals surface area contributed by atoms with Gasteiger partial charge in [-0.3, -0.25) is 0 Å². The Bertz CT molecular complexity index is 1020. The maximum atomic E-state index is 12.8. The van der Waals surface area contributed by atoms with E-state index in [-0.39, 0.29) is 6.09 Å². The van der Waals surface area contributed by atoms with Gasteiger partial charge in [0.15, 0.2) is 0 Å².